The van der Waals surface area contributed by atoms with Gasteiger partial charge in [0.05, 0.1) is 0 Å². The zero-order chi connectivity index (χ0) is 32.3. The fraction of sp³-hybridized carbons (Fsp3) is 0. The summed E-state index contributed by atoms with van der Waals surface area (Å²) in [5.41, 5.74) is 11.4. The molecule has 0 saturated heterocycles. The summed E-state index contributed by atoms with van der Waals surface area (Å²) < 4.78 is 6.65. The van der Waals surface area contributed by atoms with Gasteiger partial charge in [0.2, 0.25) is 0 Å². The van der Waals surface area contributed by atoms with Gasteiger partial charge in [-0.1, -0.05) is 164 Å². The minimum Gasteiger partial charge on any atom is -0.456 e. The van der Waals surface area contributed by atoms with Crippen molar-refractivity contribution >= 4 is 54.3 Å². The molecule has 0 saturated carbocycles. The first-order valence-corrected chi connectivity index (χ1v) is 16.9. The zero-order valence-corrected chi connectivity index (χ0v) is 26.7. The summed E-state index contributed by atoms with van der Waals surface area (Å²) in [4.78, 5) is 0. The van der Waals surface area contributed by atoms with E-state index in [4.69, 9.17) is 4.42 Å². The topological polar surface area (TPSA) is 13.1 Å². The Morgan fingerprint density at radius 1 is 0.286 bits per heavy atom. The van der Waals surface area contributed by atoms with Crippen LogP contribution < -0.4 is 0 Å². The lowest BCUT2D eigenvalue weighted by atomic mass is 9.79. The van der Waals surface area contributed by atoms with E-state index in [9.17, 15) is 0 Å². The van der Waals surface area contributed by atoms with Crippen molar-refractivity contribution in [2.75, 3.05) is 0 Å². The van der Waals surface area contributed by atoms with Crippen molar-refractivity contribution in [2.24, 2.45) is 0 Å². The van der Waals surface area contributed by atoms with E-state index < -0.39 is 0 Å². The van der Waals surface area contributed by atoms with Crippen LogP contribution in [-0.4, -0.2) is 0 Å². The second kappa shape index (κ2) is 11.1. The lowest BCUT2D eigenvalue weighted by Crippen LogP contribution is -1.96. The molecule has 0 fully saturated rings. The normalized spacial score (nSPS) is 11.7. The maximum absolute atomic E-state index is 6.65. The molecule has 10 aromatic rings. The van der Waals surface area contributed by atoms with Gasteiger partial charge in [0.15, 0.2) is 0 Å². The smallest absolute Gasteiger partial charge is 0.136 e. The predicted molar refractivity (Wildman–Crippen MR) is 208 cm³/mol. The number of para-hydroxylation sites is 1. The molecule has 1 heteroatoms. The quantitative estimate of drug-likeness (QED) is 0.178. The molecule has 0 unspecified atom stereocenters. The highest BCUT2D eigenvalue weighted by atomic mass is 16.3. The summed E-state index contributed by atoms with van der Waals surface area (Å²) in [5.74, 6) is 0. The van der Waals surface area contributed by atoms with Crippen LogP contribution in [0.4, 0.5) is 0 Å². The van der Waals surface area contributed by atoms with Crippen molar-refractivity contribution in [2.45, 2.75) is 0 Å². The number of fused-ring (bicyclic) bond motifs is 6. The lowest BCUT2D eigenvalue weighted by molar-refractivity contribution is 0.669. The molecule has 0 spiro atoms. The van der Waals surface area contributed by atoms with Crippen LogP contribution in [0.25, 0.3) is 98.8 Å². The van der Waals surface area contributed by atoms with E-state index in [-0.39, 0.29) is 0 Å². The molecule has 49 heavy (non-hydrogen) atoms. The zero-order valence-electron chi connectivity index (χ0n) is 26.7. The first kappa shape index (κ1) is 27.7. The van der Waals surface area contributed by atoms with Crippen LogP contribution in [0.15, 0.2) is 186 Å². The van der Waals surface area contributed by atoms with Crippen LogP contribution in [-0.2, 0) is 0 Å². The maximum atomic E-state index is 6.65. The molecule has 0 aliphatic carbocycles. The first-order valence-electron chi connectivity index (χ1n) is 16.9. The number of hydrogen-bond donors (Lipinski definition) is 0. The summed E-state index contributed by atoms with van der Waals surface area (Å²) in [6.45, 7) is 0. The Kier molecular flexibility index (Phi) is 6.25. The van der Waals surface area contributed by atoms with Gasteiger partial charge in [0, 0.05) is 16.3 Å². The fourth-order valence-corrected chi connectivity index (χ4v) is 7.94. The van der Waals surface area contributed by atoms with E-state index in [2.05, 4.69) is 182 Å². The molecule has 1 aromatic heterocycles. The Bertz CT molecular complexity index is 2800. The van der Waals surface area contributed by atoms with Crippen molar-refractivity contribution in [3.63, 3.8) is 0 Å². The number of benzene rings is 9. The van der Waals surface area contributed by atoms with Crippen molar-refractivity contribution in [3.05, 3.63) is 182 Å². The van der Waals surface area contributed by atoms with Crippen molar-refractivity contribution in [1.82, 2.24) is 0 Å². The Morgan fingerprint density at radius 2 is 0.816 bits per heavy atom. The fourth-order valence-electron chi connectivity index (χ4n) is 7.94. The average Bonchev–Trinajstić information content (AvgIpc) is 3.55. The van der Waals surface area contributed by atoms with E-state index in [1.165, 1.54) is 65.7 Å². The van der Waals surface area contributed by atoms with E-state index in [0.29, 0.717) is 0 Å². The Labute approximate surface area is 284 Å². The molecule has 0 radical (unpaired) electrons. The van der Waals surface area contributed by atoms with Crippen LogP contribution in [0.5, 0.6) is 0 Å². The molecule has 10 rings (SSSR count). The molecule has 9 aromatic carbocycles. The molecule has 0 N–H and O–H groups in total. The van der Waals surface area contributed by atoms with Crippen LogP contribution in [0.3, 0.4) is 0 Å². The summed E-state index contributed by atoms with van der Waals surface area (Å²) in [7, 11) is 0. The van der Waals surface area contributed by atoms with Crippen LogP contribution in [0.1, 0.15) is 0 Å². The third kappa shape index (κ3) is 4.33. The molecule has 1 heterocycles. The SMILES string of the molecule is c1ccc(-c2cc3oc4ccccc4c3c(-c3ccccc3)c2-c2c3ccccc3c(-c3ccc4ccccc4c3)c3ccccc23)cc1. The molecule has 0 bridgehead atoms. The summed E-state index contributed by atoms with van der Waals surface area (Å²) in [5, 5.41) is 9.69. The molecule has 0 amide bonds. The highest BCUT2D eigenvalue weighted by molar-refractivity contribution is 6.27. The van der Waals surface area contributed by atoms with Gasteiger partial charge < -0.3 is 4.42 Å². The highest BCUT2D eigenvalue weighted by Crippen LogP contribution is 2.52. The Morgan fingerprint density at radius 3 is 1.49 bits per heavy atom. The molecule has 228 valence electrons. The molecule has 0 atom stereocenters. The van der Waals surface area contributed by atoms with E-state index in [0.717, 1.165) is 33.1 Å². The van der Waals surface area contributed by atoms with Crippen LogP contribution in [0, 0.1) is 0 Å². The molecular weight excluding hydrogens is 593 g/mol. The monoisotopic (exact) mass is 622 g/mol. The lowest BCUT2D eigenvalue weighted by Gasteiger charge is -2.23. The van der Waals surface area contributed by atoms with Crippen molar-refractivity contribution < 1.29 is 4.42 Å². The average molecular weight is 623 g/mol. The van der Waals surface area contributed by atoms with E-state index in [1.807, 2.05) is 0 Å². The van der Waals surface area contributed by atoms with E-state index >= 15 is 0 Å². The number of furan rings is 1. The third-order valence-electron chi connectivity index (χ3n) is 10.0. The minimum atomic E-state index is 0.893. The summed E-state index contributed by atoms with van der Waals surface area (Å²) >= 11 is 0. The van der Waals surface area contributed by atoms with Gasteiger partial charge in [0.25, 0.3) is 0 Å². The molecule has 0 aliphatic heterocycles. The number of hydrogen-bond acceptors (Lipinski definition) is 1. The van der Waals surface area contributed by atoms with Gasteiger partial charge in [-0.25, -0.2) is 0 Å². The van der Waals surface area contributed by atoms with Gasteiger partial charge in [0.1, 0.15) is 11.2 Å². The van der Waals surface area contributed by atoms with Crippen LogP contribution >= 0.6 is 0 Å². The Balaban J connectivity index is 1.44. The largest absolute Gasteiger partial charge is 0.456 e. The maximum Gasteiger partial charge on any atom is 0.136 e. The Hall–Kier alpha value is -6.44. The first-order chi connectivity index (χ1) is 24.3. The van der Waals surface area contributed by atoms with Gasteiger partial charge in [-0.3, -0.25) is 0 Å². The van der Waals surface area contributed by atoms with E-state index in [1.54, 1.807) is 0 Å². The second-order valence-corrected chi connectivity index (χ2v) is 12.8. The van der Waals surface area contributed by atoms with Crippen molar-refractivity contribution in [1.29, 1.82) is 0 Å². The standard InChI is InChI=1S/C48H30O/c1-3-16-32(17-4-1)41-30-43-47(40-25-13-14-26-42(40)49-43)45(33-18-5-2-6-19-33)48(41)46-38-23-11-9-21-36(38)44(37-22-10-12-24-39(37)46)35-28-27-31-15-7-8-20-34(31)29-35/h1-30H. The van der Waals surface area contributed by atoms with Crippen LogP contribution in [0.2, 0.25) is 0 Å². The highest BCUT2D eigenvalue weighted by Gasteiger charge is 2.26. The summed E-state index contributed by atoms with van der Waals surface area (Å²) in [6.07, 6.45) is 0. The van der Waals surface area contributed by atoms with Crippen molar-refractivity contribution in [3.8, 4) is 44.5 Å². The molecular formula is C48H30O. The molecule has 0 aliphatic rings. The van der Waals surface area contributed by atoms with Gasteiger partial charge in [-0.05, 0) is 89.5 Å². The molecule has 1 nitrogen and oxygen atoms in total. The van der Waals surface area contributed by atoms with Gasteiger partial charge in [-0.15, -0.1) is 0 Å². The van der Waals surface area contributed by atoms with Gasteiger partial charge in [-0.2, -0.15) is 0 Å². The third-order valence-corrected chi connectivity index (χ3v) is 10.0. The number of rotatable bonds is 4. The predicted octanol–water partition coefficient (Wildman–Crippen LogP) is 13.7. The summed E-state index contributed by atoms with van der Waals surface area (Å²) in [6, 6.07) is 65.8. The second-order valence-electron chi connectivity index (χ2n) is 12.8. The minimum absolute atomic E-state index is 0.893. The van der Waals surface area contributed by atoms with Gasteiger partial charge >= 0.3 is 0 Å².